The molecular formula is C14H14N2O3. The number of benzene rings is 1. The molecule has 19 heavy (non-hydrogen) atoms. The van der Waals surface area contributed by atoms with E-state index >= 15 is 0 Å². The van der Waals surface area contributed by atoms with E-state index in [4.69, 9.17) is 5.11 Å². The van der Waals surface area contributed by atoms with Gasteiger partial charge >= 0.3 is 5.97 Å². The summed E-state index contributed by atoms with van der Waals surface area (Å²) in [5.74, 6) is -1.14. The Morgan fingerprint density at radius 3 is 2.47 bits per heavy atom. The SMILES string of the molecule is CCc1ccc(-n2nc(C(=O)O)c(C)cc2=O)cc1. The second-order valence-electron chi connectivity index (χ2n) is 4.25. The zero-order valence-electron chi connectivity index (χ0n) is 10.8. The van der Waals surface area contributed by atoms with Crippen molar-refractivity contribution in [1.82, 2.24) is 9.78 Å². The van der Waals surface area contributed by atoms with E-state index in [9.17, 15) is 9.59 Å². The van der Waals surface area contributed by atoms with Gasteiger partial charge in [0, 0.05) is 6.07 Å². The van der Waals surface area contributed by atoms with E-state index in [-0.39, 0.29) is 11.3 Å². The fraction of sp³-hybridized carbons (Fsp3) is 0.214. The van der Waals surface area contributed by atoms with Crippen molar-refractivity contribution < 1.29 is 9.90 Å². The van der Waals surface area contributed by atoms with Crippen LogP contribution in [0.15, 0.2) is 35.1 Å². The van der Waals surface area contributed by atoms with Crippen LogP contribution in [-0.4, -0.2) is 20.9 Å². The van der Waals surface area contributed by atoms with Crippen LogP contribution in [-0.2, 0) is 6.42 Å². The molecule has 0 aliphatic heterocycles. The summed E-state index contributed by atoms with van der Waals surface area (Å²) in [7, 11) is 0. The van der Waals surface area contributed by atoms with Gasteiger partial charge in [0.05, 0.1) is 5.69 Å². The summed E-state index contributed by atoms with van der Waals surface area (Å²) >= 11 is 0. The summed E-state index contributed by atoms with van der Waals surface area (Å²) in [5.41, 5.74) is 1.61. The van der Waals surface area contributed by atoms with Crippen molar-refractivity contribution in [2.75, 3.05) is 0 Å². The quantitative estimate of drug-likeness (QED) is 0.911. The molecule has 0 radical (unpaired) electrons. The molecule has 2 rings (SSSR count). The van der Waals surface area contributed by atoms with Crippen molar-refractivity contribution in [3.63, 3.8) is 0 Å². The normalized spacial score (nSPS) is 10.4. The van der Waals surface area contributed by atoms with Gasteiger partial charge in [-0.05, 0) is 36.6 Å². The summed E-state index contributed by atoms with van der Waals surface area (Å²) in [5, 5.41) is 12.9. The summed E-state index contributed by atoms with van der Waals surface area (Å²) in [4.78, 5) is 22.9. The van der Waals surface area contributed by atoms with Gasteiger partial charge in [-0.3, -0.25) is 4.79 Å². The highest BCUT2D eigenvalue weighted by Crippen LogP contribution is 2.09. The lowest BCUT2D eigenvalue weighted by Gasteiger charge is -2.07. The Bertz CT molecular complexity index is 672. The van der Waals surface area contributed by atoms with Gasteiger partial charge in [0.1, 0.15) is 0 Å². The van der Waals surface area contributed by atoms with Crippen molar-refractivity contribution in [2.24, 2.45) is 0 Å². The number of carbonyl (C=O) groups is 1. The smallest absolute Gasteiger partial charge is 0.356 e. The zero-order valence-corrected chi connectivity index (χ0v) is 10.8. The molecule has 1 aromatic heterocycles. The van der Waals surface area contributed by atoms with Crippen LogP contribution in [0.5, 0.6) is 0 Å². The average molecular weight is 258 g/mol. The molecule has 5 nitrogen and oxygen atoms in total. The largest absolute Gasteiger partial charge is 0.476 e. The second kappa shape index (κ2) is 5.06. The highest BCUT2D eigenvalue weighted by Gasteiger charge is 2.12. The molecular weight excluding hydrogens is 244 g/mol. The lowest BCUT2D eigenvalue weighted by Crippen LogP contribution is -2.24. The number of carboxylic acids is 1. The molecule has 0 spiro atoms. The number of hydrogen-bond donors (Lipinski definition) is 1. The fourth-order valence-electron chi connectivity index (χ4n) is 1.81. The van der Waals surface area contributed by atoms with E-state index in [0.29, 0.717) is 11.3 Å². The Labute approximate surface area is 110 Å². The first-order chi connectivity index (χ1) is 9.02. The van der Waals surface area contributed by atoms with Gasteiger partial charge in [0.25, 0.3) is 5.56 Å². The Morgan fingerprint density at radius 1 is 1.32 bits per heavy atom. The van der Waals surface area contributed by atoms with Crippen molar-refractivity contribution in [3.8, 4) is 5.69 Å². The minimum Gasteiger partial charge on any atom is -0.476 e. The Kier molecular flexibility index (Phi) is 3.46. The number of rotatable bonds is 3. The highest BCUT2D eigenvalue weighted by molar-refractivity contribution is 5.86. The van der Waals surface area contributed by atoms with E-state index in [1.807, 2.05) is 19.1 Å². The van der Waals surface area contributed by atoms with Crippen LogP contribution in [0.2, 0.25) is 0 Å². The van der Waals surface area contributed by atoms with Gasteiger partial charge in [-0.2, -0.15) is 9.78 Å². The predicted octanol–water partition coefficient (Wildman–Crippen LogP) is 1.80. The van der Waals surface area contributed by atoms with Crippen LogP contribution in [0.1, 0.15) is 28.5 Å². The summed E-state index contributed by atoms with van der Waals surface area (Å²) in [6, 6.07) is 8.58. The average Bonchev–Trinajstić information content (AvgIpc) is 2.38. The number of aromatic carboxylic acids is 1. The van der Waals surface area contributed by atoms with Crippen molar-refractivity contribution in [1.29, 1.82) is 0 Å². The van der Waals surface area contributed by atoms with E-state index in [1.54, 1.807) is 19.1 Å². The lowest BCUT2D eigenvalue weighted by atomic mass is 10.1. The minimum atomic E-state index is -1.14. The summed E-state index contributed by atoms with van der Waals surface area (Å²) < 4.78 is 1.11. The first-order valence-electron chi connectivity index (χ1n) is 5.96. The third-order valence-corrected chi connectivity index (χ3v) is 2.91. The molecule has 0 aliphatic rings. The van der Waals surface area contributed by atoms with Gasteiger partial charge in [0.15, 0.2) is 5.69 Å². The third-order valence-electron chi connectivity index (χ3n) is 2.91. The lowest BCUT2D eigenvalue weighted by molar-refractivity contribution is 0.0687. The van der Waals surface area contributed by atoms with Crippen LogP contribution >= 0.6 is 0 Å². The molecule has 0 amide bonds. The number of aromatic nitrogens is 2. The predicted molar refractivity (Wildman–Crippen MR) is 70.9 cm³/mol. The monoisotopic (exact) mass is 258 g/mol. The molecule has 98 valence electrons. The topological polar surface area (TPSA) is 72.2 Å². The van der Waals surface area contributed by atoms with Crippen molar-refractivity contribution >= 4 is 5.97 Å². The first kappa shape index (κ1) is 13.0. The van der Waals surface area contributed by atoms with Crippen LogP contribution in [0.3, 0.4) is 0 Å². The molecule has 0 bridgehead atoms. The van der Waals surface area contributed by atoms with Crippen LogP contribution in [0.4, 0.5) is 0 Å². The van der Waals surface area contributed by atoms with E-state index in [0.717, 1.165) is 16.7 Å². The van der Waals surface area contributed by atoms with Gasteiger partial charge in [0.2, 0.25) is 0 Å². The van der Waals surface area contributed by atoms with E-state index < -0.39 is 5.97 Å². The standard InChI is InChI=1S/C14H14N2O3/c1-3-10-4-6-11(7-5-10)16-12(17)8-9(2)13(15-16)14(18)19/h4-8H,3H2,1-2H3,(H,18,19). The Morgan fingerprint density at radius 2 is 1.95 bits per heavy atom. The van der Waals surface area contributed by atoms with Gasteiger partial charge in [-0.1, -0.05) is 19.1 Å². The van der Waals surface area contributed by atoms with Crippen molar-refractivity contribution in [3.05, 3.63) is 57.5 Å². The third kappa shape index (κ3) is 2.54. The van der Waals surface area contributed by atoms with Crippen LogP contribution in [0.25, 0.3) is 5.69 Å². The van der Waals surface area contributed by atoms with Crippen molar-refractivity contribution in [2.45, 2.75) is 20.3 Å². The number of hydrogen-bond acceptors (Lipinski definition) is 3. The Hall–Kier alpha value is -2.43. The summed E-state index contributed by atoms with van der Waals surface area (Å²) in [6.07, 6.45) is 0.900. The molecule has 1 aromatic carbocycles. The number of aryl methyl sites for hydroxylation is 2. The molecule has 0 saturated carbocycles. The molecule has 0 aliphatic carbocycles. The van der Waals surface area contributed by atoms with Gasteiger partial charge in [-0.15, -0.1) is 0 Å². The van der Waals surface area contributed by atoms with Crippen LogP contribution < -0.4 is 5.56 Å². The zero-order chi connectivity index (χ0) is 14.0. The van der Waals surface area contributed by atoms with Gasteiger partial charge in [-0.25, -0.2) is 4.79 Å². The Balaban J connectivity index is 2.57. The molecule has 2 aromatic rings. The molecule has 0 atom stereocenters. The van der Waals surface area contributed by atoms with E-state index in [2.05, 4.69) is 5.10 Å². The molecule has 0 saturated heterocycles. The minimum absolute atomic E-state index is 0.112. The number of nitrogens with zero attached hydrogens (tertiary/aromatic N) is 2. The first-order valence-corrected chi connectivity index (χ1v) is 5.96. The maximum atomic E-state index is 11.9. The number of carboxylic acid groups (broad SMARTS) is 1. The molecule has 1 heterocycles. The second-order valence-corrected chi connectivity index (χ2v) is 4.25. The highest BCUT2D eigenvalue weighted by atomic mass is 16.4. The molecule has 5 heteroatoms. The molecule has 0 fully saturated rings. The molecule has 1 N–H and O–H groups in total. The van der Waals surface area contributed by atoms with Gasteiger partial charge < -0.3 is 5.11 Å². The summed E-state index contributed by atoms with van der Waals surface area (Å²) in [6.45, 7) is 3.59. The van der Waals surface area contributed by atoms with E-state index in [1.165, 1.54) is 6.07 Å². The fourth-order valence-corrected chi connectivity index (χ4v) is 1.81. The maximum Gasteiger partial charge on any atom is 0.356 e. The maximum absolute atomic E-state index is 11.9. The van der Waals surface area contributed by atoms with Crippen LogP contribution in [0, 0.1) is 6.92 Å². The molecule has 0 unspecified atom stereocenters.